The second kappa shape index (κ2) is 8.76. The standard InChI is InChI=1S/C23H22N6O3/c1-13(30)26-19-6-4-5-7-20(19)27-23-25-12-15-10-18(21(24)28-22(15)29-23)14-8-16(31-2)11-17(9-14)32-3/h4-12H,1-3H3,(H,26,30)(H3,24,25,27,28,29). The van der Waals surface area contributed by atoms with Crippen LogP contribution in [0.5, 0.6) is 11.5 Å². The Balaban J connectivity index is 1.70. The van der Waals surface area contributed by atoms with Gasteiger partial charge in [-0.15, -0.1) is 0 Å². The van der Waals surface area contributed by atoms with E-state index in [4.69, 9.17) is 15.2 Å². The Morgan fingerprint density at radius 3 is 2.31 bits per heavy atom. The summed E-state index contributed by atoms with van der Waals surface area (Å²) < 4.78 is 10.7. The van der Waals surface area contributed by atoms with Crippen LogP contribution >= 0.6 is 0 Å². The molecule has 0 fully saturated rings. The lowest BCUT2D eigenvalue weighted by Crippen LogP contribution is -2.08. The maximum Gasteiger partial charge on any atom is 0.229 e. The van der Waals surface area contributed by atoms with Crippen LogP contribution in [0.2, 0.25) is 0 Å². The molecule has 0 saturated heterocycles. The van der Waals surface area contributed by atoms with Crippen LogP contribution in [-0.4, -0.2) is 35.1 Å². The van der Waals surface area contributed by atoms with Gasteiger partial charge >= 0.3 is 0 Å². The zero-order valence-corrected chi connectivity index (χ0v) is 17.8. The number of nitrogens with two attached hydrogens (primary N) is 1. The van der Waals surface area contributed by atoms with Crippen molar-refractivity contribution in [2.45, 2.75) is 6.92 Å². The normalized spacial score (nSPS) is 10.6. The van der Waals surface area contributed by atoms with Gasteiger partial charge in [0.2, 0.25) is 11.9 Å². The minimum absolute atomic E-state index is 0.171. The minimum Gasteiger partial charge on any atom is -0.497 e. The van der Waals surface area contributed by atoms with Gasteiger partial charge in [0.1, 0.15) is 17.3 Å². The third-order valence-corrected chi connectivity index (χ3v) is 4.74. The molecule has 0 aliphatic heterocycles. The number of anilines is 4. The Morgan fingerprint density at radius 2 is 1.66 bits per heavy atom. The van der Waals surface area contributed by atoms with Crippen LogP contribution in [-0.2, 0) is 4.79 Å². The lowest BCUT2D eigenvalue weighted by molar-refractivity contribution is -0.114. The molecule has 0 unspecified atom stereocenters. The number of carbonyl (C=O) groups excluding carboxylic acids is 1. The number of hydrogen-bond acceptors (Lipinski definition) is 8. The number of aromatic nitrogens is 3. The maximum atomic E-state index is 11.4. The van der Waals surface area contributed by atoms with E-state index >= 15 is 0 Å². The Labute approximate surface area is 184 Å². The second-order valence-corrected chi connectivity index (χ2v) is 6.98. The first-order valence-corrected chi connectivity index (χ1v) is 9.77. The molecule has 2 aromatic carbocycles. The molecule has 0 radical (unpaired) electrons. The van der Waals surface area contributed by atoms with Crippen molar-refractivity contribution in [1.29, 1.82) is 0 Å². The zero-order valence-electron chi connectivity index (χ0n) is 17.8. The molecule has 9 nitrogen and oxygen atoms in total. The summed E-state index contributed by atoms with van der Waals surface area (Å²) in [5.74, 6) is 1.77. The Hall–Kier alpha value is -4.40. The first-order chi connectivity index (χ1) is 15.5. The van der Waals surface area contributed by atoms with Crippen molar-refractivity contribution in [3.05, 3.63) is 54.7 Å². The van der Waals surface area contributed by atoms with Gasteiger partial charge in [-0.2, -0.15) is 4.98 Å². The van der Waals surface area contributed by atoms with Gasteiger partial charge in [-0.05, 0) is 35.9 Å². The number of hydrogen-bond donors (Lipinski definition) is 3. The first-order valence-electron chi connectivity index (χ1n) is 9.77. The summed E-state index contributed by atoms with van der Waals surface area (Å²) in [7, 11) is 3.18. The van der Waals surface area contributed by atoms with Crippen LogP contribution in [0, 0.1) is 0 Å². The van der Waals surface area contributed by atoms with E-state index in [0.717, 1.165) is 16.5 Å². The number of benzene rings is 2. The van der Waals surface area contributed by atoms with E-state index in [1.54, 1.807) is 32.5 Å². The predicted molar refractivity (Wildman–Crippen MR) is 124 cm³/mol. The van der Waals surface area contributed by atoms with Crippen molar-refractivity contribution < 1.29 is 14.3 Å². The summed E-state index contributed by atoms with van der Waals surface area (Å²) in [5, 5.41) is 6.61. The molecule has 32 heavy (non-hydrogen) atoms. The van der Waals surface area contributed by atoms with Gasteiger partial charge < -0.3 is 25.8 Å². The number of nitrogen functional groups attached to an aromatic ring is 1. The monoisotopic (exact) mass is 430 g/mol. The van der Waals surface area contributed by atoms with Crippen LogP contribution in [0.25, 0.3) is 22.2 Å². The molecule has 0 saturated carbocycles. The molecule has 162 valence electrons. The largest absolute Gasteiger partial charge is 0.497 e. The van der Waals surface area contributed by atoms with Crippen molar-refractivity contribution in [3.8, 4) is 22.6 Å². The Kier molecular flexibility index (Phi) is 5.71. The van der Waals surface area contributed by atoms with Crippen LogP contribution in [0.3, 0.4) is 0 Å². The van der Waals surface area contributed by atoms with Crippen molar-refractivity contribution in [1.82, 2.24) is 15.0 Å². The number of para-hydroxylation sites is 2. The van der Waals surface area contributed by atoms with Crippen molar-refractivity contribution >= 4 is 40.1 Å². The van der Waals surface area contributed by atoms with E-state index in [1.165, 1.54) is 6.92 Å². The van der Waals surface area contributed by atoms with Crippen molar-refractivity contribution in [2.75, 3.05) is 30.6 Å². The summed E-state index contributed by atoms with van der Waals surface area (Å²) in [5.41, 5.74) is 9.51. The fourth-order valence-electron chi connectivity index (χ4n) is 3.24. The smallest absolute Gasteiger partial charge is 0.229 e. The molecule has 0 atom stereocenters. The Bertz CT molecular complexity index is 1290. The summed E-state index contributed by atoms with van der Waals surface area (Å²) in [6, 6.07) is 14.7. The second-order valence-electron chi connectivity index (χ2n) is 6.98. The molecular formula is C23H22N6O3. The third kappa shape index (κ3) is 4.36. The van der Waals surface area contributed by atoms with E-state index in [0.29, 0.717) is 40.3 Å². The van der Waals surface area contributed by atoms with Gasteiger partial charge in [0.05, 0.1) is 25.6 Å². The third-order valence-electron chi connectivity index (χ3n) is 4.74. The van der Waals surface area contributed by atoms with E-state index < -0.39 is 0 Å². The lowest BCUT2D eigenvalue weighted by Gasteiger charge is -2.12. The SMILES string of the molecule is COc1cc(OC)cc(-c2cc3cnc(Nc4ccccc4NC(C)=O)nc3nc2N)c1. The molecule has 4 N–H and O–H groups in total. The summed E-state index contributed by atoms with van der Waals surface area (Å²) in [6.07, 6.45) is 1.67. The number of pyridine rings is 1. The van der Waals surface area contributed by atoms with E-state index in [1.807, 2.05) is 36.4 Å². The molecule has 0 bridgehead atoms. The first kappa shape index (κ1) is 20.9. The maximum absolute atomic E-state index is 11.4. The highest BCUT2D eigenvalue weighted by molar-refractivity contribution is 5.93. The topological polar surface area (TPSA) is 124 Å². The lowest BCUT2D eigenvalue weighted by atomic mass is 10.0. The molecule has 0 aliphatic carbocycles. The quantitative estimate of drug-likeness (QED) is 0.419. The fourth-order valence-corrected chi connectivity index (χ4v) is 3.24. The highest BCUT2D eigenvalue weighted by Gasteiger charge is 2.12. The zero-order chi connectivity index (χ0) is 22.7. The summed E-state index contributed by atoms with van der Waals surface area (Å²) in [6.45, 7) is 1.45. The van der Waals surface area contributed by atoms with Gasteiger partial charge in [0, 0.05) is 30.1 Å². The van der Waals surface area contributed by atoms with Gasteiger partial charge in [0.15, 0.2) is 5.65 Å². The molecule has 2 aromatic heterocycles. The summed E-state index contributed by atoms with van der Waals surface area (Å²) in [4.78, 5) is 24.8. The number of amides is 1. The summed E-state index contributed by atoms with van der Waals surface area (Å²) >= 11 is 0. The van der Waals surface area contributed by atoms with Crippen LogP contribution in [0.4, 0.5) is 23.1 Å². The average molecular weight is 430 g/mol. The highest BCUT2D eigenvalue weighted by Crippen LogP contribution is 2.34. The Morgan fingerprint density at radius 1 is 0.969 bits per heavy atom. The molecule has 0 aliphatic rings. The van der Waals surface area contributed by atoms with Gasteiger partial charge in [-0.1, -0.05) is 12.1 Å². The highest BCUT2D eigenvalue weighted by atomic mass is 16.5. The fraction of sp³-hybridized carbons (Fsp3) is 0.130. The van der Waals surface area contributed by atoms with Crippen molar-refractivity contribution in [2.24, 2.45) is 0 Å². The molecule has 9 heteroatoms. The number of methoxy groups -OCH3 is 2. The molecule has 4 rings (SSSR count). The van der Waals surface area contributed by atoms with Crippen molar-refractivity contribution in [3.63, 3.8) is 0 Å². The van der Waals surface area contributed by atoms with E-state index in [2.05, 4.69) is 25.6 Å². The van der Waals surface area contributed by atoms with E-state index in [9.17, 15) is 4.79 Å². The predicted octanol–water partition coefficient (Wildman–Crippen LogP) is 3.99. The van der Waals surface area contributed by atoms with Gasteiger partial charge in [0.25, 0.3) is 0 Å². The molecule has 0 spiro atoms. The van der Waals surface area contributed by atoms with E-state index in [-0.39, 0.29) is 5.91 Å². The average Bonchev–Trinajstić information content (AvgIpc) is 2.79. The number of nitrogens with one attached hydrogen (secondary N) is 2. The van der Waals surface area contributed by atoms with Crippen LogP contribution < -0.4 is 25.8 Å². The van der Waals surface area contributed by atoms with Gasteiger partial charge in [-0.3, -0.25) is 4.79 Å². The number of carbonyl (C=O) groups is 1. The minimum atomic E-state index is -0.171. The molecular weight excluding hydrogens is 408 g/mol. The van der Waals surface area contributed by atoms with Crippen LogP contribution in [0.1, 0.15) is 6.92 Å². The van der Waals surface area contributed by atoms with Gasteiger partial charge in [-0.25, -0.2) is 9.97 Å². The molecule has 2 heterocycles. The number of rotatable bonds is 6. The number of nitrogens with zero attached hydrogens (tertiary/aromatic N) is 3. The van der Waals surface area contributed by atoms with Crippen LogP contribution in [0.15, 0.2) is 54.7 Å². The molecule has 4 aromatic rings. The number of fused-ring (bicyclic) bond motifs is 1. The number of ether oxygens (including phenoxy) is 2. The molecule has 1 amide bonds.